The summed E-state index contributed by atoms with van der Waals surface area (Å²) in [5, 5.41) is 6.85. The van der Waals surface area contributed by atoms with Crippen molar-refractivity contribution in [3.05, 3.63) is 24.2 Å². The van der Waals surface area contributed by atoms with Crippen molar-refractivity contribution in [2.75, 3.05) is 33.4 Å². The van der Waals surface area contributed by atoms with E-state index in [0.29, 0.717) is 12.6 Å². The van der Waals surface area contributed by atoms with E-state index in [1.165, 1.54) is 0 Å². The van der Waals surface area contributed by atoms with E-state index in [-0.39, 0.29) is 29.6 Å². The highest BCUT2D eigenvalue weighted by Gasteiger charge is 2.32. The van der Waals surface area contributed by atoms with Gasteiger partial charge in [-0.25, -0.2) is 0 Å². The van der Waals surface area contributed by atoms with Gasteiger partial charge in [0.25, 0.3) is 0 Å². The van der Waals surface area contributed by atoms with Crippen LogP contribution in [-0.4, -0.2) is 51.0 Å². The van der Waals surface area contributed by atoms with Gasteiger partial charge in [-0.2, -0.15) is 0 Å². The van der Waals surface area contributed by atoms with Crippen LogP contribution in [0.2, 0.25) is 0 Å². The normalized spacial score (nSPS) is 18.3. The van der Waals surface area contributed by atoms with Crippen molar-refractivity contribution in [3.8, 4) is 0 Å². The van der Waals surface area contributed by atoms with Gasteiger partial charge in [-0.1, -0.05) is 6.92 Å². The Morgan fingerprint density at radius 3 is 2.76 bits per heavy atom. The molecular formula is C18H32IN3O3. The highest BCUT2D eigenvalue weighted by Crippen LogP contribution is 2.24. The Morgan fingerprint density at radius 1 is 1.40 bits per heavy atom. The zero-order valence-electron chi connectivity index (χ0n) is 15.5. The zero-order valence-corrected chi connectivity index (χ0v) is 17.9. The molecule has 1 aliphatic rings. The number of rotatable bonds is 8. The molecule has 2 rings (SSSR count). The number of guanidine groups is 1. The van der Waals surface area contributed by atoms with Crippen LogP contribution in [0.1, 0.15) is 38.9 Å². The molecule has 2 N–H and O–H groups in total. The lowest BCUT2D eigenvalue weighted by Gasteiger charge is -2.34. The predicted molar refractivity (Wildman–Crippen MR) is 111 cm³/mol. The van der Waals surface area contributed by atoms with Gasteiger partial charge < -0.3 is 24.5 Å². The molecule has 1 atom stereocenters. The van der Waals surface area contributed by atoms with Gasteiger partial charge >= 0.3 is 0 Å². The standard InChI is InChI=1S/C18H31N3O3.HI/c1-4-15(2)21-17(19-10-7-16-6-5-11-24-16)20-14-18(22-3)8-12-23-13-9-18;/h5-6,11,15H,4,7-10,12-14H2,1-3H3,(H2,19,20,21);1H. The maximum atomic E-state index is 5.77. The summed E-state index contributed by atoms with van der Waals surface area (Å²) in [7, 11) is 1.77. The molecule has 1 saturated heterocycles. The Balaban J connectivity index is 0.00000312. The van der Waals surface area contributed by atoms with Gasteiger partial charge in [0.2, 0.25) is 0 Å². The average Bonchev–Trinajstić information content (AvgIpc) is 3.13. The number of furan rings is 1. The fourth-order valence-electron chi connectivity index (χ4n) is 2.64. The summed E-state index contributed by atoms with van der Waals surface area (Å²) in [6, 6.07) is 4.27. The SMILES string of the molecule is CCC(C)NC(=NCC1(OC)CCOCC1)NCCc1ccco1.I. The molecule has 0 radical (unpaired) electrons. The molecular weight excluding hydrogens is 433 g/mol. The first kappa shape index (κ1) is 22.2. The van der Waals surface area contributed by atoms with Crippen LogP contribution in [0.5, 0.6) is 0 Å². The van der Waals surface area contributed by atoms with Crippen LogP contribution in [0.3, 0.4) is 0 Å². The predicted octanol–water partition coefficient (Wildman–Crippen LogP) is 2.97. The minimum absolute atomic E-state index is 0. The number of hydrogen-bond donors (Lipinski definition) is 2. The van der Waals surface area contributed by atoms with Crippen LogP contribution in [0.4, 0.5) is 0 Å². The van der Waals surface area contributed by atoms with Crippen molar-refractivity contribution in [2.24, 2.45) is 4.99 Å². The second-order valence-electron chi connectivity index (χ2n) is 6.37. The van der Waals surface area contributed by atoms with Crippen molar-refractivity contribution < 1.29 is 13.9 Å². The first-order chi connectivity index (χ1) is 11.7. The largest absolute Gasteiger partial charge is 0.469 e. The minimum atomic E-state index is -0.205. The van der Waals surface area contributed by atoms with Crippen LogP contribution in [0.25, 0.3) is 0 Å². The van der Waals surface area contributed by atoms with E-state index in [1.54, 1.807) is 13.4 Å². The number of aliphatic imine (C=N–C) groups is 1. The van der Waals surface area contributed by atoms with Crippen LogP contribution >= 0.6 is 24.0 Å². The topological polar surface area (TPSA) is 68.0 Å². The fraction of sp³-hybridized carbons (Fsp3) is 0.722. The second-order valence-corrected chi connectivity index (χ2v) is 6.37. The molecule has 0 bridgehead atoms. The highest BCUT2D eigenvalue weighted by atomic mass is 127. The van der Waals surface area contributed by atoms with Crippen LogP contribution in [0, 0.1) is 0 Å². The lowest BCUT2D eigenvalue weighted by molar-refractivity contribution is -0.0828. The summed E-state index contributed by atoms with van der Waals surface area (Å²) >= 11 is 0. The van der Waals surface area contributed by atoms with E-state index < -0.39 is 0 Å². The van der Waals surface area contributed by atoms with Crippen LogP contribution in [0.15, 0.2) is 27.8 Å². The quantitative estimate of drug-likeness (QED) is 0.351. The van der Waals surface area contributed by atoms with Gasteiger partial charge in [0, 0.05) is 52.2 Å². The molecule has 0 aromatic carbocycles. The number of methoxy groups -OCH3 is 1. The smallest absolute Gasteiger partial charge is 0.191 e. The van der Waals surface area contributed by atoms with Crippen molar-refractivity contribution in [1.29, 1.82) is 0 Å². The van der Waals surface area contributed by atoms with Crippen molar-refractivity contribution >= 4 is 29.9 Å². The molecule has 2 heterocycles. The minimum Gasteiger partial charge on any atom is -0.469 e. The van der Waals surface area contributed by atoms with E-state index in [2.05, 4.69) is 24.5 Å². The van der Waals surface area contributed by atoms with E-state index in [9.17, 15) is 0 Å². The Bertz CT molecular complexity index is 488. The number of halogens is 1. The molecule has 1 fully saturated rings. The van der Waals surface area contributed by atoms with Gasteiger partial charge in [0.15, 0.2) is 5.96 Å². The lowest BCUT2D eigenvalue weighted by Crippen LogP contribution is -2.46. The molecule has 25 heavy (non-hydrogen) atoms. The fourth-order valence-corrected chi connectivity index (χ4v) is 2.64. The molecule has 0 amide bonds. The molecule has 1 unspecified atom stereocenters. The molecule has 6 nitrogen and oxygen atoms in total. The molecule has 1 aromatic heterocycles. The maximum absolute atomic E-state index is 5.77. The molecule has 0 aliphatic carbocycles. The molecule has 0 spiro atoms. The third kappa shape index (κ3) is 7.53. The Labute approximate surface area is 168 Å². The van der Waals surface area contributed by atoms with Gasteiger partial charge in [0.05, 0.1) is 18.4 Å². The van der Waals surface area contributed by atoms with Gasteiger partial charge in [-0.3, -0.25) is 4.99 Å². The molecule has 144 valence electrons. The molecule has 1 aromatic rings. The molecule has 0 saturated carbocycles. The number of nitrogens with one attached hydrogen (secondary N) is 2. The summed E-state index contributed by atoms with van der Waals surface area (Å²) in [6.07, 6.45) is 5.35. The first-order valence-corrected chi connectivity index (χ1v) is 8.87. The Hall–Kier alpha value is -0.800. The number of ether oxygens (including phenoxy) is 2. The average molecular weight is 465 g/mol. The van der Waals surface area contributed by atoms with Gasteiger partial charge in [-0.05, 0) is 25.5 Å². The Morgan fingerprint density at radius 2 is 2.16 bits per heavy atom. The van der Waals surface area contributed by atoms with E-state index in [0.717, 1.165) is 57.2 Å². The summed E-state index contributed by atoms with van der Waals surface area (Å²) in [6.45, 7) is 7.21. The summed E-state index contributed by atoms with van der Waals surface area (Å²) in [5.41, 5.74) is -0.205. The third-order valence-electron chi connectivity index (χ3n) is 4.60. The van der Waals surface area contributed by atoms with Gasteiger partial charge in [0.1, 0.15) is 5.76 Å². The van der Waals surface area contributed by atoms with Crippen molar-refractivity contribution in [2.45, 2.75) is 51.2 Å². The van der Waals surface area contributed by atoms with Crippen LogP contribution in [-0.2, 0) is 15.9 Å². The van der Waals surface area contributed by atoms with Crippen molar-refractivity contribution in [1.82, 2.24) is 10.6 Å². The van der Waals surface area contributed by atoms with Crippen LogP contribution < -0.4 is 10.6 Å². The summed E-state index contributed by atoms with van der Waals surface area (Å²) in [4.78, 5) is 4.78. The lowest BCUT2D eigenvalue weighted by atomic mass is 9.94. The molecule has 1 aliphatic heterocycles. The van der Waals surface area contributed by atoms with Crippen molar-refractivity contribution in [3.63, 3.8) is 0 Å². The van der Waals surface area contributed by atoms with E-state index >= 15 is 0 Å². The first-order valence-electron chi connectivity index (χ1n) is 8.87. The third-order valence-corrected chi connectivity index (χ3v) is 4.60. The monoisotopic (exact) mass is 465 g/mol. The number of nitrogens with zero attached hydrogens (tertiary/aromatic N) is 1. The Kier molecular flexibility index (Phi) is 10.4. The summed E-state index contributed by atoms with van der Waals surface area (Å²) in [5.74, 6) is 1.81. The van der Waals surface area contributed by atoms with E-state index in [1.807, 2.05) is 12.1 Å². The number of hydrogen-bond acceptors (Lipinski definition) is 4. The summed E-state index contributed by atoms with van der Waals surface area (Å²) < 4.78 is 16.6. The molecule has 7 heteroatoms. The zero-order chi connectivity index (χ0) is 17.3. The highest BCUT2D eigenvalue weighted by molar-refractivity contribution is 14.0. The van der Waals surface area contributed by atoms with E-state index in [4.69, 9.17) is 18.9 Å². The van der Waals surface area contributed by atoms with Gasteiger partial charge in [-0.15, -0.1) is 24.0 Å². The maximum Gasteiger partial charge on any atom is 0.191 e. The second kappa shape index (κ2) is 11.7.